The van der Waals surface area contributed by atoms with E-state index in [0.717, 1.165) is 13.0 Å². The molecule has 1 aromatic rings. The summed E-state index contributed by atoms with van der Waals surface area (Å²) in [6.45, 7) is 4.85. The molecule has 2 rings (SSSR count). The lowest BCUT2D eigenvalue weighted by Gasteiger charge is -2.26. The molecule has 1 saturated heterocycles. The highest BCUT2D eigenvalue weighted by Gasteiger charge is 2.41. The molecule has 1 amide bonds. The summed E-state index contributed by atoms with van der Waals surface area (Å²) in [4.78, 5) is 12.5. The van der Waals surface area contributed by atoms with Crippen LogP contribution in [0.3, 0.4) is 0 Å². The topological polar surface area (TPSA) is 50.4 Å². The van der Waals surface area contributed by atoms with Gasteiger partial charge < -0.3 is 15.4 Å². The van der Waals surface area contributed by atoms with Crippen LogP contribution >= 0.6 is 0 Å². The zero-order valence-electron chi connectivity index (χ0n) is 12.3. The molecule has 1 aromatic carbocycles. The Bertz CT molecular complexity index is 427. The lowest BCUT2D eigenvalue weighted by atomic mass is 9.86. The van der Waals surface area contributed by atoms with E-state index in [0.29, 0.717) is 25.6 Å². The van der Waals surface area contributed by atoms with E-state index in [1.54, 1.807) is 7.11 Å². The molecule has 0 aliphatic carbocycles. The average Bonchev–Trinajstić information content (AvgIpc) is 2.95. The van der Waals surface area contributed by atoms with E-state index in [1.807, 2.05) is 18.2 Å². The van der Waals surface area contributed by atoms with Gasteiger partial charge in [0.25, 0.3) is 0 Å². The van der Waals surface area contributed by atoms with Crippen molar-refractivity contribution in [3.8, 4) is 0 Å². The SMILES string of the molecule is COCC1(C(=O)NCC(C)c2ccccc2)CCNC1. The van der Waals surface area contributed by atoms with Gasteiger partial charge in [-0.15, -0.1) is 0 Å². The number of nitrogens with one attached hydrogen (secondary N) is 2. The predicted octanol–water partition coefficient (Wildman–Crippen LogP) is 1.53. The van der Waals surface area contributed by atoms with Crippen molar-refractivity contribution >= 4 is 5.91 Å². The Morgan fingerprint density at radius 3 is 2.80 bits per heavy atom. The Morgan fingerprint density at radius 1 is 1.45 bits per heavy atom. The standard InChI is InChI=1S/C16H24N2O2/c1-13(14-6-4-3-5-7-14)10-18-15(19)16(12-20-2)8-9-17-11-16/h3-7,13,17H,8-12H2,1-2H3,(H,18,19). The Morgan fingerprint density at radius 2 is 2.20 bits per heavy atom. The maximum absolute atomic E-state index is 12.5. The van der Waals surface area contributed by atoms with Crippen LogP contribution in [0.5, 0.6) is 0 Å². The summed E-state index contributed by atoms with van der Waals surface area (Å²) in [5, 5.41) is 6.35. The van der Waals surface area contributed by atoms with Gasteiger partial charge in [0.15, 0.2) is 0 Å². The summed E-state index contributed by atoms with van der Waals surface area (Å²) in [6.07, 6.45) is 0.840. The van der Waals surface area contributed by atoms with Crippen molar-refractivity contribution in [1.82, 2.24) is 10.6 Å². The van der Waals surface area contributed by atoms with Crippen LogP contribution in [0.25, 0.3) is 0 Å². The number of amides is 1. The average molecular weight is 276 g/mol. The third-order valence-corrected chi connectivity index (χ3v) is 4.08. The maximum atomic E-state index is 12.5. The fraction of sp³-hybridized carbons (Fsp3) is 0.562. The molecule has 0 bridgehead atoms. The highest BCUT2D eigenvalue weighted by atomic mass is 16.5. The zero-order chi connectivity index (χ0) is 14.4. The van der Waals surface area contributed by atoms with Crippen molar-refractivity contribution in [1.29, 1.82) is 0 Å². The molecule has 20 heavy (non-hydrogen) atoms. The summed E-state index contributed by atoms with van der Waals surface area (Å²) in [6, 6.07) is 10.3. The van der Waals surface area contributed by atoms with E-state index >= 15 is 0 Å². The molecule has 2 N–H and O–H groups in total. The first kappa shape index (κ1) is 15.0. The van der Waals surface area contributed by atoms with Crippen LogP contribution in [0.1, 0.15) is 24.8 Å². The van der Waals surface area contributed by atoms with Gasteiger partial charge in [-0.1, -0.05) is 37.3 Å². The van der Waals surface area contributed by atoms with Crippen LogP contribution in [0, 0.1) is 5.41 Å². The van der Waals surface area contributed by atoms with Gasteiger partial charge in [-0.2, -0.15) is 0 Å². The molecular formula is C16H24N2O2. The first-order valence-electron chi connectivity index (χ1n) is 7.21. The lowest BCUT2D eigenvalue weighted by molar-refractivity contribution is -0.133. The van der Waals surface area contributed by atoms with Crippen LogP contribution in [0.4, 0.5) is 0 Å². The van der Waals surface area contributed by atoms with Crippen LogP contribution in [-0.2, 0) is 9.53 Å². The number of methoxy groups -OCH3 is 1. The number of ether oxygens (including phenoxy) is 1. The predicted molar refractivity (Wildman–Crippen MR) is 79.7 cm³/mol. The van der Waals surface area contributed by atoms with Crippen LogP contribution in [0.2, 0.25) is 0 Å². The van der Waals surface area contributed by atoms with Crippen molar-refractivity contribution < 1.29 is 9.53 Å². The summed E-state index contributed by atoms with van der Waals surface area (Å²) in [7, 11) is 1.65. The molecule has 1 heterocycles. The Balaban J connectivity index is 1.91. The second-order valence-electron chi connectivity index (χ2n) is 5.66. The van der Waals surface area contributed by atoms with Gasteiger partial charge in [0, 0.05) is 20.2 Å². The number of carbonyl (C=O) groups is 1. The Labute approximate surface area is 120 Å². The molecule has 2 unspecified atom stereocenters. The second-order valence-corrected chi connectivity index (χ2v) is 5.66. The highest BCUT2D eigenvalue weighted by Crippen LogP contribution is 2.26. The van der Waals surface area contributed by atoms with E-state index in [4.69, 9.17) is 4.74 Å². The fourth-order valence-electron chi connectivity index (χ4n) is 2.74. The van der Waals surface area contributed by atoms with Crippen molar-refractivity contribution in [2.24, 2.45) is 5.41 Å². The molecule has 1 aliphatic rings. The maximum Gasteiger partial charge on any atom is 0.229 e. The molecule has 0 aromatic heterocycles. The summed E-state index contributed by atoms with van der Waals surface area (Å²) in [5.41, 5.74) is 0.851. The van der Waals surface area contributed by atoms with Crippen LogP contribution in [0.15, 0.2) is 30.3 Å². The highest BCUT2D eigenvalue weighted by molar-refractivity contribution is 5.83. The zero-order valence-corrected chi connectivity index (χ0v) is 12.3. The summed E-state index contributed by atoms with van der Waals surface area (Å²) >= 11 is 0. The molecule has 0 spiro atoms. The third-order valence-electron chi connectivity index (χ3n) is 4.08. The van der Waals surface area contributed by atoms with Crippen molar-refractivity contribution in [3.63, 3.8) is 0 Å². The largest absolute Gasteiger partial charge is 0.384 e. The number of benzene rings is 1. The van der Waals surface area contributed by atoms with Gasteiger partial charge in [-0.25, -0.2) is 0 Å². The first-order chi connectivity index (χ1) is 9.68. The summed E-state index contributed by atoms with van der Waals surface area (Å²) < 4.78 is 5.24. The molecule has 0 radical (unpaired) electrons. The van der Waals surface area contributed by atoms with E-state index in [2.05, 4.69) is 29.7 Å². The monoisotopic (exact) mass is 276 g/mol. The molecule has 2 atom stereocenters. The van der Waals surface area contributed by atoms with Crippen molar-refractivity contribution in [2.75, 3.05) is 33.4 Å². The minimum atomic E-state index is -0.398. The third kappa shape index (κ3) is 3.38. The normalized spacial score (nSPS) is 23.5. The van der Waals surface area contributed by atoms with Crippen LogP contribution in [-0.4, -0.2) is 39.3 Å². The van der Waals surface area contributed by atoms with E-state index in [9.17, 15) is 4.79 Å². The molecular weight excluding hydrogens is 252 g/mol. The Kier molecular flexibility index (Phi) is 5.15. The van der Waals surface area contributed by atoms with E-state index in [-0.39, 0.29) is 5.91 Å². The minimum Gasteiger partial charge on any atom is -0.384 e. The lowest BCUT2D eigenvalue weighted by Crippen LogP contribution is -2.46. The van der Waals surface area contributed by atoms with Gasteiger partial charge in [-0.05, 0) is 24.4 Å². The van der Waals surface area contributed by atoms with Crippen molar-refractivity contribution in [2.45, 2.75) is 19.3 Å². The molecule has 1 fully saturated rings. The van der Waals surface area contributed by atoms with Gasteiger partial charge in [0.2, 0.25) is 5.91 Å². The molecule has 4 heteroatoms. The molecule has 4 nitrogen and oxygen atoms in total. The second kappa shape index (κ2) is 6.86. The van der Waals surface area contributed by atoms with Gasteiger partial charge in [-0.3, -0.25) is 4.79 Å². The van der Waals surface area contributed by atoms with E-state index < -0.39 is 5.41 Å². The number of rotatable bonds is 6. The Hall–Kier alpha value is -1.39. The van der Waals surface area contributed by atoms with Gasteiger partial charge in [0.05, 0.1) is 12.0 Å². The first-order valence-corrected chi connectivity index (χ1v) is 7.21. The molecule has 110 valence electrons. The van der Waals surface area contributed by atoms with Gasteiger partial charge in [0.1, 0.15) is 0 Å². The molecule has 0 saturated carbocycles. The quantitative estimate of drug-likeness (QED) is 0.828. The number of hydrogen-bond donors (Lipinski definition) is 2. The number of hydrogen-bond acceptors (Lipinski definition) is 3. The fourth-order valence-corrected chi connectivity index (χ4v) is 2.74. The summed E-state index contributed by atoms with van der Waals surface area (Å²) in [5.74, 6) is 0.418. The van der Waals surface area contributed by atoms with E-state index in [1.165, 1.54) is 5.56 Å². The molecule has 1 aliphatic heterocycles. The van der Waals surface area contributed by atoms with Gasteiger partial charge >= 0.3 is 0 Å². The van der Waals surface area contributed by atoms with Crippen molar-refractivity contribution in [3.05, 3.63) is 35.9 Å². The van der Waals surface area contributed by atoms with Crippen LogP contribution < -0.4 is 10.6 Å². The smallest absolute Gasteiger partial charge is 0.229 e. The number of carbonyl (C=O) groups excluding carboxylic acids is 1. The minimum absolute atomic E-state index is 0.104.